The number of nitrogens with one attached hydrogen (secondary N) is 1. The molecule has 1 aromatic carbocycles. The number of halogens is 2. The Balaban J connectivity index is 1.88. The Labute approximate surface area is 121 Å². The van der Waals surface area contributed by atoms with Gasteiger partial charge in [-0.05, 0) is 66.5 Å². The van der Waals surface area contributed by atoms with Crippen molar-refractivity contribution in [3.05, 3.63) is 34.1 Å². The Kier molecular flexibility index (Phi) is 4.93. The van der Waals surface area contributed by atoms with Gasteiger partial charge < -0.3 is 10.2 Å². The largest absolute Gasteiger partial charge is 0.352 e. The third-order valence-corrected chi connectivity index (χ3v) is 4.06. The first-order valence-electron chi connectivity index (χ1n) is 6.48. The van der Waals surface area contributed by atoms with E-state index in [-0.39, 0.29) is 11.7 Å². The van der Waals surface area contributed by atoms with Crippen LogP contribution in [0.5, 0.6) is 0 Å². The van der Waals surface area contributed by atoms with Gasteiger partial charge >= 0.3 is 0 Å². The van der Waals surface area contributed by atoms with Crippen LogP contribution >= 0.6 is 15.9 Å². The number of rotatable bonds is 3. The van der Waals surface area contributed by atoms with Gasteiger partial charge in [-0.1, -0.05) is 0 Å². The molecule has 1 aromatic rings. The molecule has 2 rings (SSSR count). The molecule has 19 heavy (non-hydrogen) atoms. The van der Waals surface area contributed by atoms with Gasteiger partial charge in [0, 0.05) is 18.7 Å². The van der Waals surface area contributed by atoms with E-state index in [1.54, 1.807) is 0 Å². The predicted octanol–water partition coefficient (Wildman–Crippen LogP) is 2.66. The van der Waals surface area contributed by atoms with Crippen LogP contribution in [0.3, 0.4) is 0 Å². The Hall–Kier alpha value is -0.940. The molecule has 0 aromatic heterocycles. The summed E-state index contributed by atoms with van der Waals surface area (Å²) in [7, 11) is 2.10. The SMILES string of the molecule is CN1CCCC(CNC(=O)c2ccc(F)c(Br)c2)C1. The lowest BCUT2D eigenvalue weighted by atomic mass is 9.98. The first-order chi connectivity index (χ1) is 9.06. The average Bonchev–Trinajstić information content (AvgIpc) is 2.39. The van der Waals surface area contributed by atoms with Crippen LogP contribution in [0.4, 0.5) is 4.39 Å². The number of nitrogens with zero attached hydrogens (tertiary/aromatic N) is 1. The minimum absolute atomic E-state index is 0.145. The second-order valence-corrected chi connectivity index (χ2v) is 5.96. The topological polar surface area (TPSA) is 32.3 Å². The second kappa shape index (κ2) is 6.48. The van der Waals surface area contributed by atoms with Crippen LogP contribution < -0.4 is 5.32 Å². The Bertz CT molecular complexity index is 467. The van der Waals surface area contributed by atoms with Crippen molar-refractivity contribution in [1.29, 1.82) is 0 Å². The van der Waals surface area contributed by atoms with Gasteiger partial charge in [0.2, 0.25) is 0 Å². The maximum atomic E-state index is 13.1. The van der Waals surface area contributed by atoms with Crippen molar-refractivity contribution in [2.75, 3.05) is 26.7 Å². The van der Waals surface area contributed by atoms with Gasteiger partial charge in [-0.3, -0.25) is 4.79 Å². The first-order valence-corrected chi connectivity index (χ1v) is 7.27. The van der Waals surface area contributed by atoms with Gasteiger partial charge in [0.05, 0.1) is 4.47 Å². The maximum Gasteiger partial charge on any atom is 0.251 e. The smallest absolute Gasteiger partial charge is 0.251 e. The number of carbonyl (C=O) groups is 1. The van der Waals surface area contributed by atoms with Gasteiger partial charge in [0.1, 0.15) is 5.82 Å². The monoisotopic (exact) mass is 328 g/mol. The molecule has 0 aliphatic carbocycles. The molecule has 0 saturated carbocycles. The van der Waals surface area contributed by atoms with E-state index in [4.69, 9.17) is 0 Å². The zero-order valence-corrected chi connectivity index (χ0v) is 12.5. The molecule has 0 bridgehead atoms. The number of hydrogen-bond acceptors (Lipinski definition) is 2. The summed E-state index contributed by atoms with van der Waals surface area (Å²) in [4.78, 5) is 14.3. The molecule has 1 heterocycles. The molecule has 1 fully saturated rings. The minimum Gasteiger partial charge on any atom is -0.352 e. The van der Waals surface area contributed by atoms with E-state index in [0.717, 1.165) is 19.5 Å². The van der Waals surface area contributed by atoms with Crippen molar-refractivity contribution in [3.8, 4) is 0 Å². The zero-order valence-electron chi connectivity index (χ0n) is 11.0. The molecular weight excluding hydrogens is 311 g/mol. The Morgan fingerprint density at radius 2 is 2.37 bits per heavy atom. The highest BCUT2D eigenvalue weighted by molar-refractivity contribution is 9.10. The quantitative estimate of drug-likeness (QED) is 0.925. The highest BCUT2D eigenvalue weighted by Crippen LogP contribution is 2.17. The lowest BCUT2D eigenvalue weighted by Crippen LogP contribution is -2.39. The Morgan fingerprint density at radius 1 is 1.58 bits per heavy atom. The summed E-state index contributed by atoms with van der Waals surface area (Å²) in [5.74, 6) is 0.00553. The highest BCUT2D eigenvalue weighted by atomic mass is 79.9. The standard InChI is InChI=1S/C14H18BrFN2O/c1-18-6-2-3-10(9-18)8-17-14(19)11-4-5-13(16)12(15)7-11/h4-5,7,10H,2-3,6,8-9H2,1H3,(H,17,19). The molecule has 1 N–H and O–H groups in total. The average molecular weight is 329 g/mol. The molecule has 5 heteroatoms. The van der Waals surface area contributed by atoms with Gasteiger partial charge in [-0.2, -0.15) is 0 Å². The normalized spacial score (nSPS) is 20.3. The predicted molar refractivity (Wildman–Crippen MR) is 76.7 cm³/mol. The fraction of sp³-hybridized carbons (Fsp3) is 0.500. The van der Waals surface area contributed by atoms with Crippen LogP contribution in [0, 0.1) is 11.7 Å². The van der Waals surface area contributed by atoms with Crippen molar-refractivity contribution in [2.45, 2.75) is 12.8 Å². The molecule has 1 saturated heterocycles. The van der Waals surface area contributed by atoms with Gasteiger partial charge in [-0.15, -0.1) is 0 Å². The summed E-state index contributed by atoms with van der Waals surface area (Å²) in [6.45, 7) is 2.83. The number of benzene rings is 1. The summed E-state index contributed by atoms with van der Waals surface area (Å²) in [5.41, 5.74) is 0.484. The van der Waals surface area contributed by atoms with Crippen LogP contribution in [0.25, 0.3) is 0 Å². The molecule has 3 nitrogen and oxygen atoms in total. The van der Waals surface area contributed by atoms with Crippen LogP contribution in [0.2, 0.25) is 0 Å². The molecule has 104 valence electrons. The summed E-state index contributed by atoms with van der Waals surface area (Å²) in [6, 6.07) is 4.31. The lowest BCUT2D eigenvalue weighted by molar-refractivity contribution is 0.0936. The molecule has 1 aliphatic rings. The van der Waals surface area contributed by atoms with E-state index in [1.165, 1.54) is 24.6 Å². The third-order valence-electron chi connectivity index (χ3n) is 3.46. The van der Waals surface area contributed by atoms with Crippen LogP contribution in [0.1, 0.15) is 23.2 Å². The number of likely N-dealkylation sites (tertiary alicyclic amines) is 1. The van der Waals surface area contributed by atoms with E-state index in [9.17, 15) is 9.18 Å². The molecule has 1 aliphatic heterocycles. The molecule has 0 spiro atoms. The minimum atomic E-state index is -0.356. The zero-order chi connectivity index (χ0) is 13.8. The van der Waals surface area contributed by atoms with Crippen molar-refractivity contribution in [2.24, 2.45) is 5.92 Å². The van der Waals surface area contributed by atoms with Crippen LogP contribution in [0.15, 0.2) is 22.7 Å². The van der Waals surface area contributed by atoms with Crippen molar-refractivity contribution in [3.63, 3.8) is 0 Å². The van der Waals surface area contributed by atoms with E-state index in [1.807, 2.05) is 0 Å². The van der Waals surface area contributed by atoms with E-state index >= 15 is 0 Å². The van der Waals surface area contributed by atoms with Crippen molar-refractivity contribution >= 4 is 21.8 Å². The summed E-state index contributed by atoms with van der Waals surface area (Å²) in [5, 5.41) is 2.93. The summed E-state index contributed by atoms with van der Waals surface area (Å²) < 4.78 is 13.4. The van der Waals surface area contributed by atoms with E-state index in [0.29, 0.717) is 22.5 Å². The Morgan fingerprint density at radius 3 is 3.05 bits per heavy atom. The molecule has 1 amide bonds. The van der Waals surface area contributed by atoms with E-state index < -0.39 is 0 Å². The van der Waals surface area contributed by atoms with Gasteiger partial charge in [-0.25, -0.2) is 4.39 Å². The molecular formula is C14H18BrFN2O. The van der Waals surface area contributed by atoms with Crippen molar-refractivity contribution in [1.82, 2.24) is 10.2 Å². The van der Waals surface area contributed by atoms with Crippen LogP contribution in [-0.2, 0) is 0 Å². The number of amides is 1. The van der Waals surface area contributed by atoms with Crippen LogP contribution in [-0.4, -0.2) is 37.5 Å². The number of hydrogen-bond donors (Lipinski definition) is 1. The number of carbonyl (C=O) groups excluding carboxylic acids is 1. The summed E-state index contributed by atoms with van der Waals surface area (Å²) in [6.07, 6.45) is 2.33. The van der Waals surface area contributed by atoms with Crippen molar-refractivity contribution < 1.29 is 9.18 Å². The molecule has 0 radical (unpaired) electrons. The number of piperidine rings is 1. The molecule has 1 atom stereocenters. The maximum absolute atomic E-state index is 13.1. The second-order valence-electron chi connectivity index (χ2n) is 5.11. The highest BCUT2D eigenvalue weighted by Gasteiger charge is 2.18. The third kappa shape index (κ3) is 4.01. The fourth-order valence-electron chi connectivity index (χ4n) is 2.42. The van der Waals surface area contributed by atoms with Gasteiger partial charge in [0.25, 0.3) is 5.91 Å². The lowest BCUT2D eigenvalue weighted by Gasteiger charge is -2.29. The molecule has 1 unspecified atom stereocenters. The van der Waals surface area contributed by atoms with Gasteiger partial charge in [0.15, 0.2) is 0 Å². The first kappa shape index (κ1) is 14.5. The fourth-order valence-corrected chi connectivity index (χ4v) is 2.80. The van der Waals surface area contributed by atoms with E-state index in [2.05, 4.69) is 33.2 Å². The summed E-state index contributed by atoms with van der Waals surface area (Å²) >= 11 is 3.09.